The van der Waals surface area contributed by atoms with Crippen molar-refractivity contribution in [2.75, 3.05) is 13.2 Å². The summed E-state index contributed by atoms with van der Waals surface area (Å²) in [6, 6.07) is 7.50. The van der Waals surface area contributed by atoms with Crippen molar-refractivity contribution in [2.24, 2.45) is 0 Å². The van der Waals surface area contributed by atoms with Crippen molar-refractivity contribution in [1.82, 2.24) is 9.88 Å². The van der Waals surface area contributed by atoms with Crippen LogP contribution in [0.4, 0.5) is 4.39 Å². The number of nitrogens with zero attached hydrogens (tertiary/aromatic N) is 1. The molecular weight excluding hydrogens is 303 g/mol. The number of carbonyl (C=O) groups excluding carboxylic acids is 2. The average Bonchev–Trinajstić information content (AvgIpc) is 2.55. The Kier molecular flexibility index (Phi) is 5.37. The monoisotopic (exact) mass is 318 g/mol. The van der Waals surface area contributed by atoms with Gasteiger partial charge in [0, 0.05) is 24.4 Å². The number of benzene rings is 1. The Morgan fingerprint density at radius 3 is 2.48 bits per heavy atom. The van der Waals surface area contributed by atoms with Crippen molar-refractivity contribution >= 4 is 11.7 Å². The molecule has 0 saturated heterocycles. The number of nitrogens with one attached hydrogen (secondary N) is 1. The Morgan fingerprint density at radius 2 is 1.87 bits per heavy atom. The van der Waals surface area contributed by atoms with Crippen molar-refractivity contribution in [2.45, 2.75) is 6.04 Å². The summed E-state index contributed by atoms with van der Waals surface area (Å²) < 4.78 is 14.0. The summed E-state index contributed by atoms with van der Waals surface area (Å²) in [4.78, 5) is 36.8. The van der Waals surface area contributed by atoms with Gasteiger partial charge in [-0.05, 0) is 30.3 Å². The largest absolute Gasteiger partial charge is 0.395 e. The Balaban J connectivity index is 2.43. The van der Waals surface area contributed by atoms with Gasteiger partial charge < -0.3 is 10.4 Å². The van der Waals surface area contributed by atoms with Crippen LogP contribution in [-0.2, 0) is 4.79 Å². The lowest BCUT2D eigenvalue weighted by Crippen LogP contribution is -2.42. The normalized spacial score (nSPS) is 11.7. The minimum Gasteiger partial charge on any atom is -0.395 e. The molecule has 0 aliphatic heterocycles. The maximum Gasteiger partial charge on any atom is 0.251 e. The van der Waals surface area contributed by atoms with Crippen molar-refractivity contribution in [1.29, 1.82) is 0 Å². The number of aliphatic hydroxyl groups excluding tert-OH is 1. The molecule has 7 heteroatoms. The number of amides is 1. The molecule has 0 aliphatic rings. The molecule has 120 valence electrons. The van der Waals surface area contributed by atoms with Crippen LogP contribution in [0.15, 0.2) is 53.5 Å². The Hall–Kier alpha value is -2.80. The van der Waals surface area contributed by atoms with Gasteiger partial charge in [-0.15, -0.1) is 0 Å². The van der Waals surface area contributed by atoms with E-state index in [2.05, 4.69) is 5.32 Å². The van der Waals surface area contributed by atoms with Crippen molar-refractivity contribution < 1.29 is 19.1 Å². The fraction of sp³-hybridized carbons (Fsp3) is 0.188. The van der Waals surface area contributed by atoms with Crippen LogP contribution in [0.3, 0.4) is 0 Å². The summed E-state index contributed by atoms with van der Waals surface area (Å²) in [5, 5.41) is 11.2. The number of pyridine rings is 1. The van der Waals surface area contributed by atoms with Crippen LogP contribution in [0, 0.1) is 5.82 Å². The van der Waals surface area contributed by atoms with E-state index >= 15 is 0 Å². The van der Waals surface area contributed by atoms with Crippen LogP contribution in [0.2, 0.25) is 0 Å². The van der Waals surface area contributed by atoms with E-state index in [4.69, 9.17) is 5.11 Å². The highest BCUT2D eigenvalue weighted by atomic mass is 19.1. The summed E-state index contributed by atoms with van der Waals surface area (Å²) >= 11 is 0. The maximum atomic E-state index is 13.0. The van der Waals surface area contributed by atoms with Gasteiger partial charge in [0.2, 0.25) is 0 Å². The molecule has 0 spiro atoms. The Labute approximate surface area is 131 Å². The highest BCUT2D eigenvalue weighted by Crippen LogP contribution is 2.14. The molecule has 0 unspecified atom stereocenters. The van der Waals surface area contributed by atoms with E-state index in [1.807, 2.05) is 0 Å². The van der Waals surface area contributed by atoms with E-state index in [0.29, 0.717) is 0 Å². The molecule has 6 nitrogen and oxygen atoms in total. The van der Waals surface area contributed by atoms with E-state index in [1.54, 1.807) is 0 Å². The maximum absolute atomic E-state index is 13.0. The molecule has 1 aromatic heterocycles. The van der Waals surface area contributed by atoms with Gasteiger partial charge in [0.05, 0.1) is 6.61 Å². The number of hydrogen-bond donors (Lipinski definition) is 2. The van der Waals surface area contributed by atoms with Gasteiger partial charge in [-0.1, -0.05) is 6.07 Å². The van der Waals surface area contributed by atoms with Crippen molar-refractivity contribution in [3.63, 3.8) is 0 Å². The smallest absolute Gasteiger partial charge is 0.251 e. The van der Waals surface area contributed by atoms with Crippen LogP contribution in [0.5, 0.6) is 0 Å². The first-order chi connectivity index (χ1) is 11.0. The van der Waals surface area contributed by atoms with Crippen molar-refractivity contribution in [3.05, 3.63) is 70.4 Å². The number of rotatable bonds is 6. The third-order valence-electron chi connectivity index (χ3n) is 3.17. The van der Waals surface area contributed by atoms with E-state index in [0.717, 1.165) is 16.7 Å². The number of ketones is 1. The first-order valence-corrected chi connectivity index (χ1v) is 6.90. The molecule has 0 bridgehead atoms. The second-order valence-electron chi connectivity index (χ2n) is 4.73. The second kappa shape index (κ2) is 7.46. The highest BCUT2D eigenvalue weighted by Gasteiger charge is 2.29. The molecule has 23 heavy (non-hydrogen) atoms. The molecule has 0 aliphatic carbocycles. The van der Waals surface area contributed by atoms with Crippen LogP contribution in [0.1, 0.15) is 16.4 Å². The fourth-order valence-corrected chi connectivity index (χ4v) is 2.07. The minimum absolute atomic E-state index is 0.0480. The summed E-state index contributed by atoms with van der Waals surface area (Å²) in [5.74, 6) is -1.88. The zero-order valence-electron chi connectivity index (χ0n) is 12.1. The predicted octanol–water partition coefficient (Wildman–Crippen LogP) is 0.520. The summed E-state index contributed by atoms with van der Waals surface area (Å²) in [7, 11) is 0. The lowest BCUT2D eigenvalue weighted by Gasteiger charge is -2.18. The summed E-state index contributed by atoms with van der Waals surface area (Å²) in [6.07, 6.45) is 1.33. The molecule has 0 radical (unpaired) electrons. The van der Waals surface area contributed by atoms with Crippen LogP contribution in [0.25, 0.3) is 0 Å². The third-order valence-corrected chi connectivity index (χ3v) is 3.17. The molecular formula is C16H15FN2O4. The van der Waals surface area contributed by atoms with Crippen molar-refractivity contribution in [3.8, 4) is 0 Å². The zero-order chi connectivity index (χ0) is 16.8. The fourth-order valence-electron chi connectivity index (χ4n) is 2.07. The molecule has 1 aromatic carbocycles. The Bertz CT molecular complexity index is 755. The molecule has 1 amide bonds. The molecule has 2 N–H and O–H groups in total. The number of aromatic nitrogens is 1. The number of aliphatic hydroxyl groups is 1. The topological polar surface area (TPSA) is 88.4 Å². The average molecular weight is 318 g/mol. The van der Waals surface area contributed by atoms with E-state index in [1.165, 1.54) is 36.5 Å². The summed E-state index contributed by atoms with van der Waals surface area (Å²) in [6.45, 7) is -0.347. The summed E-state index contributed by atoms with van der Waals surface area (Å²) in [5.41, 5.74) is -0.418. The molecule has 2 aromatic rings. The first kappa shape index (κ1) is 16.6. The van der Waals surface area contributed by atoms with Gasteiger partial charge in [-0.2, -0.15) is 0 Å². The van der Waals surface area contributed by atoms with Gasteiger partial charge in [0.1, 0.15) is 5.82 Å². The van der Waals surface area contributed by atoms with Gasteiger partial charge in [-0.3, -0.25) is 19.0 Å². The number of hydrogen-bond acceptors (Lipinski definition) is 4. The van der Waals surface area contributed by atoms with Gasteiger partial charge >= 0.3 is 0 Å². The zero-order valence-corrected chi connectivity index (χ0v) is 12.1. The van der Waals surface area contributed by atoms with Crippen LogP contribution >= 0.6 is 0 Å². The quantitative estimate of drug-likeness (QED) is 0.600. The molecule has 0 fully saturated rings. The van der Waals surface area contributed by atoms with Crippen LogP contribution in [-0.4, -0.2) is 34.5 Å². The molecule has 1 atom stereocenters. The number of halogens is 1. The first-order valence-electron chi connectivity index (χ1n) is 6.90. The predicted molar refractivity (Wildman–Crippen MR) is 80.6 cm³/mol. The highest BCUT2D eigenvalue weighted by molar-refractivity contribution is 6.11. The lowest BCUT2D eigenvalue weighted by atomic mass is 10.0. The minimum atomic E-state index is -1.43. The van der Waals surface area contributed by atoms with E-state index in [-0.39, 0.29) is 18.7 Å². The molecule has 0 saturated carbocycles. The number of Topliss-reactive ketones (excluding diaryl/α,β-unsaturated/α-hetero) is 1. The van der Waals surface area contributed by atoms with Gasteiger partial charge in [0.25, 0.3) is 11.5 Å². The second-order valence-corrected chi connectivity index (χ2v) is 4.73. The third kappa shape index (κ3) is 3.89. The van der Waals surface area contributed by atoms with E-state index < -0.39 is 29.1 Å². The molecule has 1 heterocycles. The SMILES string of the molecule is O=C(NCCO)[C@H](C(=O)c1ccc(F)cc1)n1ccccc1=O. The standard InChI is InChI=1S/C16H15FN2O4/c17-12-6-4-11(5-7-12)15(22)14(16(23)18-8-10-20)19-9-2-1-3-13(19)21/h1-7,9,14,20H,8,10H2,(H,18,23)/t14-/m0/s1. The van der Waals surface area contributed by atoms with Gasteiger partial charge in [-0.25, -0.2) is 4.39 Å². The Morgan fingerprint density at radius 1 is 1.17 bits per heavy atom. The van der Waals surface area contributed by atoms with Crippen LogP contribution < -0.4 is 10.9 Å². The molecule has 2 rings (SSSR count). The van der Waals surface area contributed by atoms with Gasteiger partial charge in [0.15, 0.2) is 11.8 Å². The number of carbonyl (C=O) groups is 2. The lowest BCUT2D eigenvalue weighted by molar-refractivity contribution is -0.123. The van der Waals surface area contributed by atoms with E-state index in [9.17, 15) is 18.8 Å².